The number of pyridine rings is 2. The van der Waals surface area contributed by atoms with E-state index in [9.17, 15) is 0 Å². The van der Waals surface area contributed by atoms with Gasteiger partial charge in [-0.25, -0.2) is 9.97 Å². The van der Waals surface area contributed by atoms with Crippen molar-refractivity contribution in [3.8, 4) is 78.4 Å². The lowest BCUT2D eigenvalue weighted by Gasteiger charge is -2.14. The zero-order valence-corrected chi connectivity index (χ0v) is 28.3. The van der Waals surface area contributed by atoms with E-state index in [1.807, 2.05) is 61.1 Å². The number of rotatable bonds is 7. The highest BCUT2D eigenvalue weighted by atomic mass is 14.9. The Bertz CT molecular complexity index is 2520. The molecular formula is C48H32N4. The summed E-state index contributed by atoms with van der Waals surface area (Å²) in [4.78, 5) is 19.6. The van der Waals surface area contributed by atoms with Crippen LogP contribution in [0.2, 0.25) is 0 Å². The molecule has 3 heterocycles. The van der Waals surface area contributed by atoms with E-state index in [-0.39, 0.29) is 0 Å². The normalized spacial score (nSPS) is 11.1. The van der Waals surface area contributed by atoms with Gasteiger partial charge in [0.1, 0.15) is 0 Å². The molecule has 0 aliphatic carbocycles. The summed E-state index contributed by atoms with van der Waals surface area (Å²) in [6, 6.07) is 61.2. The van der Waals surface area contributed by atoms with Crippen molar-refractivity contribution in [1.82, 2.24) is 19.9 Å². The molecule has 4 nitrogen and oxygen atoms in total. The Hall–Kier alpha value is -7.04. The van der Waals surface area contributed by atoms with Crippen molar-refractivity contribution >= 4 is 10.9 Å². The summed E-state index contributed by atoms with van der Waals surface area (Å²) in [5, 5.41) is 1.01. The van der Waals surface area contributed by atoms with Gasteiger partial charge < -0.3 is 0 Å². The second-order valence-electron chi connectivity index (χ2n) is 12.8. The highest BCUT2D eigenvalue weighted by molar-refractivity contribution is 5.96. The third-order valence-corrected chi connectivity index (χ3v) is 9.44. The molecule has 0 amide bonds. The van der Waals surface area contributed by atoms with Gasteiger partial charge in [0.2, 0.25) is 0 Å². The fraction of sp³-hybridized carbons (Fsp3) is 0. The molecule has 0 spiro atoms. The Labute approximate surface area is 302 Å². The smallest absolute Gasteiger partial charge is 0.160 e. The molecule has 0 aliphatic heterocycles. The van der Waals surface area contributed by atoms with E-state index in [4.69, 9.17) is 15.0 Å². The van der Waals surface area contributed by atoms with Gasteiger partial charge in [0, 0.05) is 46.2 Å². The monoisotopic (exact) mass is 664 g/mol. The van der Waals surface area contributed by atoms with Crippen molar-refractivity contribution in [1.29, 1.82) is 0 Å². The van der Waals surface area contributed by atoms with Gasteiger partial charge >= 0.3 is 0 Å². The zero-order chi connectivity index (χ0) is 34.7. The minimum Gasteiger partial charge on any atom is -0.265 e. The molecule has 0 aliphatic rings. The van der Waals surface area contributed by atoms with E-state index < -0.39 is 0 Å². The molecule has 0 N–H and O–H groups in total. The highest BCUT2D eigenvalue weighted by Crippen LogP contribution is 2.36. The van der Waals surface area contributed by atoms with Crippen LogP contribution in [0.4, 0.5) is 0 Å². The Kier molecular flexibility index (Phi) is 8.16. The molecule has 0 radical (unpaired) electrons. The molecule has 0 bridgehead atoms. The molecule has 9 aromatic rings. The molecule has 0 atom stereocenters. The van der Waals surface area contributed by atoms with E-state index in [0.717, 1.165) is 83.5 Å². The molecule has 0 saturated carbocycles. The Balaban J connectivity index is 1.22. The molecule has 244 valence electrons. The fourth-order valence-corrected chi connectivity index (χ4v) is 6.72. The number of hydrogen-bond donors (Lipinski definition) is 0. The van der Waals surface area contributed by atoms with Crippen molar-refractivity contribution in [2.75, 3.05) is 0 Å². The maximum absolute atomic E-state index is 5.29. The van der Waals surface area contributed by atoms with Gasteiger partial charge in [0.05, 0.1) is 16.9 Å². The number of nitrogens with zero attached hydrogens (tertiary/aromatic N) is 4. The van der Waals surface area contributed by atoms with Gasteiger partial charge in [-0.3, -0.25) is 9.97 Å². The summed E-state index contributed by atoms with van der Waals surface area (Å²) >= 11 is 0. The van der Waals surface area contributed by atoms with E-state index in [1.165, 1.54) is 0 Å². The first kappa shape index (κ1) is 31.0. The minimum atomic E-state index is 0.668. The first-order valence-corrected chi connectivity index (χ1v) is 17.4. The molecule has 0 fully saturated rings. The second kappa shape index (κ2) is 13.7. The highest BCUT2D eigenvalue weighted by Gasteiger charge is 2.16. The standard InChI is InChI=1S/C48H32N4/c1-4-10-33(11-5-1)39-20-22-44-46(31-39)51-48(52-47(44)38-14-8-3-9-15-38)43-29-41(35-18-16-34(17-19-35)36-24-26-49-27-25-36)28-42(30-43)40-21-23-45(50-32-40)37-12-6-2-7-13-37/h1-32H. The van der Waals surface area contributed by atoms with Crippen LogP contribution in [0, 0.1) is 0 Å². The molecule has 3 aromatic heterocycles. The second-order valence-corrected chi connectivity index (χ2v) is 12.8. The molecule has 0 saturated heterocycles. The summed E-state index contributed by atoms with van der Waals surface area (Å²) in [5.74, 6) is 0.668. The number of benzene rings is 6. The Morgan fingerprint density at radius 2 is 0.846 bits per heavy atom. The van der Waals surface area contributed by atoms with Crippen molar-refractivity contribution < 1.29 is 0 Å². The lowest BCUT2D eigenvalue weighted by Crippen LogP contribution is -1.97. The minimum absolute atomic E-state index is 0.668. The lowest BCUT2D eigenvalue weighted by atomic mass is 9.94. The molecule has 4 heteroatoms. The molecule has 9 rings (SSSR count). The first-order valence-electron chi connectivity index (χ1n) is 17.4. The summed E-state index contributed by atoms with van der Waals surface area (Å²) in [5.41, 5.74) is 14.6. The molecular weight excluding hydrogens is 633 g/mol. The van der Waals surface area contributed by atoms with Crippen LogP contribution in [-0.4, -0.2) is 19.9 Å². The van der Waals surface area contributed by atoms with Crippen LogP contribution in [0.25, 0.3) is 89.3 Å². The summed E-state index contributed by atoms with van der Waals surface area (Å²) in [6.07, 6.45) is 5.61. The third-order valence-electron chi connectivity index (χ3n) is 9.44. The average molecular weight is 665 g/mol. The van der Waals surface area contributed by atoms with Gasteiger partial charge in [0.15, 0.2) is 5.82 Å². The quantitative estimate of drug-likeness (QED) is 0.170. The zero-order valence-electron chi connectivity index (χ0n) is 28.3. The van der Waals surface area contributed by atoms with Gasteiger partial charge in [-0.05, 0) is 87.5 Å². The SMILES string of the molecule is c1ccc(-c2ccc3c(-c4ccccc4)nc(-c4cc(-c5ccc(-c6ccncc6)cc5)cc(-c5ccc(-c6ccccc6)nc5)c4)nc3c2)cc1. The van der Waals surface area contributed by atoms with E-state index in [2.05, 4.69) is 138 Å². The van der Waals surface area contributed by atoms with Gasteiger partial charge in [-0.2, -0.15) is 0 Å². The Morgan fingerprint density at radius 1 is 0.327 bits per heavy atom. The lowest BCUT2D eigenvalue weighted by molar-refractivity contribution is 1.23. The number of aromatic nitrogens is 4. The molecule has 6 aromatic carbocycles. The van der Waals surface area contributed by atoms with Crippen LogP contribution < -0.4 is 0 Å². The van der Waals surface area contributed by atoms with Gasteiger partial charge in [0.25, 0.3) is 0 Å². The summed E-state index contributed by atoms with van der Waals surface area (Å²) < 4.78 is 0. The van der Waals surface area contributed by atoms with Crippen LogP contribution in [0.15, 0.2) is 195 Å². The predicted molar refractivity (Wildman–Crippen MR) is 213 cm³/mol. The summed E-state index contributed by atoms with van der Waals surface area (Å²) in [7, 11) is 0. The van der Waals surface area contributed by atoms with Crippen LogP contribution in [-0.2, 0) is 0 Å². The predicted octanol–water partition coefficient (Wildman–Crippen LogP) is 12.1. The van der Waals surface area contributed by atoms with Crippen LogP contribution in [0.5, 0.6) is 0 Å². The maximum Gasteiger partial charge on any atom is 0.160 e. The topological polar surface area (TPSA) is 51.6 Å². The van der Waals surface area contributed by atoms with Crippen LogP contribution in [0.3, 0.4) is 0 Å². The van der Waals surface area contributed by atoms with Crippen molar-refractivity contribution in [3.05, 3.63) is 195 Å². The first-order chi connectivity index (χ1) is 25.7. The van der Waals surface area contributed by atoms with Crippen molar-refractivity contribution in [2.24, 2.45) is 0 Å². The van der Waals surface area contributed by atoms with Crippen LogP contribution in [0.1, 0.15) is 0 Å². The number of hydrogen-bond acceptors (Lipinski definition) is 4. The third kappa shape index (κ3) is 6.26. The molecule has 52 heavy (non-hydrogen) atoms. The van der Waals surface area contributed by atoms with Gasteiger partial charge in [-0.15, -0.1) is 0 Å². The van der Waals surface area contributed by atoms with Gasteiger partial charge in [-0.1, -0.05) is 127 Å². The fourth-order valence-electron chi connectivity index (χ4n) is 6.72. The maximum atomic E-state index is 5.29. The van der Waals surface area contributed by atoms with E-state index >= 15 is 0 Å². The summed E-state index contributed by atoms with van der Waals surface area (Å²) in [6.45, 7) is 0. The molecule has 0 unspecified atom stereocenters. The number of fused-ring (bicyclic) bond motifs is 1. The largest absolute Gasteiger partial charge is 0.265 e. The van der Waals surface area contributed by atoms with Crippen LogP contribution >= 0.6 is 0 Å². The van der Waals surface area contributed by atoms with E-state index in [1.54, 1.807) is 0 Å². The van der Waals surface area contributed by atoms with Crippen molar-refractivity contribution in [2.45, 2.75) is 0 Å². The van der Waals surface area contributed by atoms with E-state index in [0.29, 0.717) is 5.82 Å². The average Bonchev–Trinajstić information content (AvgIpc) is 3.24. The van der Waals surface area contributed by atoms with Crippen molar-refractivity contribution in [3.63, 3.8) is 0 Å². The Morgan fingerprint density at radius 3 is 1.50 bits per heavy atom.